The molecule has 3 heterocycles. The van der Waals surface area contributed by atoms with Crippen molar-refractivity contribution in [3.8, 4) is 5.75 Å². The Morgan fingerprint density at radius 2 is 2.32 bits per heavy atom. The number of rotatable bonds is 3. The van der Waals surface area contributed by atoms with Crippen molar-refractivity contribution in [2.45, 2.75) is 25.4 Å². The van der Waals surface area contributed by atoms with E-state index in [1.807, 2.05) is 6.92 Å². The van der Waals surface area contributed by atoms with Crippen LogP contribution in [0.5, 0.6) is 5.75 Å². The van der Waals surface area contributed by atoms with Gasteiger partial charge in [0, 0.05) is 18.8 Å². The first kappa shape index (κ1) is 15.9. The molecule has 1 fully saturated rings. The first-order valence-corrected chi connectivity index (χ1v) is 8.22. The van der Waals surface area contributed by atoms with Gasteiger partial charge in [-0.05, 0) is 26.0 Å². The van der Waals surface area contributed by atoms with Gasteiger partial charge in [-0.3, -0.25) is 4.79 Å². The predicted molar refractivity (Wildman–Crippen MR) is 90.2 cm³/mol. The molecule has 2 atom stereocenters. The van der Waals surface area contributed by atoms with E-state index in [0.29, 0.717) is 5.52 Å². The first-order valence-electron chi connectivity index (χ1n) is 8.22. The van der Waals surface area contributed by atoms with Crippen LogP contribution in [0.1, 0.15) is 29.7 Å². The lowest BCUT2D eigenvalue weighted by atomic mass is 10.1. The second-order valence-corrected chi connectivity index (χ2v) is 6.54. The largest absolute Gasteiger partial charge is 0.487 e. The lowest BCUT2D eigenvalue weighted by Crippen LogP contribution is -2.28. The van der Waals surface area contributed by atoms with Crippen LogP contribution in [0, 0.1) is 5.82 Å². The minimum absolute atomic E-state index is 0.0223. The molecule has 4 rings (SSSR count). The van der Waals surface area contributed by atoms with Crippen molar-refractivity contribution >= 4 is 22.6 Å². The first-order chi connectivity index (χ1) is 12.0. The predicted octanol–water partition coefficient (Wildman–Crippen LogP) is 1.57. The molecule has 0 radical (unpaired) electrons. The Bertz CT molecular complexity index is 934. The van der Waals surface area contributed by atoms with Crippen molar-refractivity contribution in [3.63, 3.8) is 0 Å². The maximum Gasteiger partial charge on any atom is 0.341 e. The lowest BCUT2D eigenvalue weighted by molar-refractivity contribution is 0.0694. The van der Waals surface area contributed by atoms with Crippen molar-refractivity contribution < 1.29 is 19.0 Å². The highest BCUT2D eigenvalue weighted by Crippen LogP contribution is 2.40. The number of aromatic carboxylic acids is 1. The van der Waals surface area contributed by atoms with E-state index < -0.39 is 17.2 Å². The molecule has 2 aromatic rings. The highest BCUT2D eigenvalue weighted by molar-refractivity contribution is 5.97. The van der Waals surface area contributed by atoms with Crippen LogP contribution < -0.4 is 20.8 Å². The summed E-state index contributed by atoms with van der Waals surface area (Å²) < 4.78 is 22.2. The summed E-state index contributed by atoms with van der Waals surface area (Å²) in [6, 6.07) is 1.01. The summed E-state index contributed by atoms with van der Waals surface area (Å²) in [5.74, 6) is -1.67. The fourth-order valence-electron chi connectivity index (χ4n) is 3.49. The smallest absolute Gasteiger partial charge is 0.341 e. The molecule has 2 aliphatic rings. The Hall–Kier alpha value is -2.61. The van der Waals surface area contributed by atoms with Gasteiger partial charge in [0.05, 0.1) is 16.9 Å². The quantitative estimate of drug-likeness (QED) is 0.780. The fourth-order valence-corrected chi connectivity index (χ4v) is 3.49. The molecule has 25 heavy (non-hydrogen) atoms. The van der Waals surface area contributed by atoms with Crippen LogP contribution in [0.3, 0.4) is 0 Å². The van der Waals surface area contributed by atoms with Gasteiger partial charge in [0.2, 0.25) is 5.43 Å². The van der Waals surface area contributed by atoms with Gasteiger partial charge < -0.3 is 25.0 Å². The summed E-state index contributed by atoms with van der Waals surface area (Å²) in [5, 5.41) is 15.7. The van der Waals surface area contributed by atoms with Crippen LogP contribution in [-0.2, 0) is 0 Å². The van der Waals surface area contributed by atoms with Crippen LogP contribution >= 0.6 is 0 Å². The number of halogens is 1. The number of carboxylic acids is 1. The molecule has 8 heteroatoms. The van der Waals surface area contributed by atoms with Crippen LogP contribution in [0.4, 0.5) is 10.1 Å². The number of anilines is 1. The molecule has 132 valence electrons. The number of aromatic nitrogens is 1. The molecule has 0 saturated carbocycles. The Balaban J connectivity index is 1.99. The molecule has 0 unspecified atom stereocenters. The molecule has 2 aliphatic heterocycles. The third-order valence-electron chi connectivity index (χ3n) is 4.81. The van der Waals surface area contributed by atoms with Crippen LogP contribution in [0.25, 0.3) is 10.9 Å². The molecule has 0 bridgehead atoms. The molecule has 0 spiro atoms. The number of nitrogens with one attached hydrogen (secondary N) is 2. The Morgan fingerprint density at radius 1 is 1.52 bits per heavy atom. The van der Waals surface area contributed by atoms with E-state index >= 15 is 0 Å². The van der Waals surface area contributed by atoms with Crippen molar-refractivity contribution in [3.05, 3.63) is 33.9 Å². The summed E-state index contributed by atoms with van der Waals surface area (Å²) in [5.41, 5.74) is -0.411. The molecule has 3 N–H and O–H groups in total. The van der Waals surface area contributed by atoms with Gasteiger partial charge in [-0.1, -0.05) is 0 Å². The van der Waals surface area contributed by atoms with Gasteiger partial charge in [0.15, 0.2) is 11.6 Å². The summed E-state index contributed by atoms with van der Waals surface area (Å²) in [7, 11) is 0. The zero-order valence-corrected chi connectivity index (χ0v) is 13.6. The lowest BCUT2D eigenvalue weighted by Gasteiger charge is -2.29. The van der Waals surface area contributed by atoms with Crippen molar-refractivity contribution in [2.24, 2.45) is 0 Å². The van der Waals surface area contributed by atoms with E-state index in [1.54, 1.807) is 4.57 Å². The molecule has 7 nitrogen and oxygen atoms in total. The number of benzene rings is 1. The van der Waals surface area contributed by atoms with Gasteiger partial charge in [-0.15, -0.1) is 0 Å². The van der Waals surface area contributed by atoms with Crippen molar-refractivity contribution in [1.29, 1.82) is 0 Å². The number of carboxylic acid groups (broad SMARTS) is 1. The topological polar surface area (TPSA) is 92.6 Å². The van der Waals surface area contributed by atoms with Crippen LogP contribution in [0.15, 0.2) is 17.1 Å². The van der Waals surface area contributed by atoms with E-state index in [4.69, 9.17) is 4.74 Å². The molecular formula is C17H18FN3O4. The summed E-state index contributed by atoms with van der Waals surface area (Å²) in [6.45, 7) is 3.70. The number of carbonyl (C=O) groups is 1. The zero-order chi connectivity index (χ0) is 17.7. The summed E-state index contributed by atoms with van der Waals surface area (Å²) >= 11 is 0. The summed E-state index contributed by atoms with van der Waals surface area (Å²) in [6.07, 6.45) is 2.18. The minimum Gasteiger partial charge on any atom is -0.487 e. The van der Waals surface area contributed by atoms with Crippen LogP contribution in [-0.4, -0.2) is 41.4 Å². The molecule has 0 aliphatic carbocycles. The standard InChI is InChI=1S/C17H18FN3O4/c1-8-7-25-16-13(20-9-2-3-19-5-9)12(18)4-10-14(16)21(8)6-11(15(10)22)17(23)24/h4,6,8-9,19-20H,2-3,5,7H2,1H3,(H,23,24)/t8-,9+/m0/s1. The van der Waals surface area contributed by atoms with E-state index in [2.05, 4.69) is 10.6 Å². The Kier molecular flexibility index (Phi) is 3.64. The van der Waals surface area contributed by atoms with Crippen molar-refractivity contribution in [1.82, 2.24) is 9.88 Å². The molecular weight excluding hydrogens is 329 g/mol. The third kappa shape index (κ3) is 2.44. The van der Waals surface area contributed by atoms with Gasteiger partial charge in [-0.2, -0.15) is 0 Å². The van der Waals surface area contributed by atoms with E-state index in [9.17, 15) is 19.1 Å². The molecule has 1 aromatic heterocycles. The second-order valence-electron chi connectivity index (χ2n) is 6.54. The SMILES string of the molecule is C[C@H]1COc2c(N[C@@H]3CCNC3)c(F)cc3c(=O)c(C(=O)O)cn1c23. The normalized spacial score (nSPS) is 22.0. The zero-order valence-electron chi connectivity index (χ0n) is 13.6. The fraction of sp³-hybridized carbons (Fsp3) is 0.412. The second kappa shape index (κ2) is 5.73. The number of hydrogen-bond acceptors (Lipinski definition) is 5. The van der Waals surface area contributed by atoms with E-state index in [0.717, 1.165) is 25.6 Å². The summed E-state index contributed by atoms with van der Waals surface area (Å²) in [4.78, 5) is 23.8. The Labute approximate surface area is 142 Å². The van der Waals surface area contributed by atoms with Crippen LogP contribution in [0.2, 0.25) is 0 Å². The van der Waals surface area contributed by atoms with Gasteiger partial charge >= 0.3 is 5.97 Å². The Morgan fingerprint density at radius 3 is 3.00 bits per heavy atom. The average molecular weight is 347 g/mol. The molecule has 1 saturated heterocycles. The van der Waals surface area contributed by atoms with Gasteiger partial charge in [0.25, 0.3) is 0 Å². The number of nitrogens with zero attached hydrogens (tertiary/aromatic N) is 1. The number of hydrogen-bond donors (Lipinski definition) is 3. The average Bonchev–Trinajstić information content (AvgIpc) is 3.08. The molecule has 1 aromatic carbocycles. The van der Waals surface area contributed by atoms with E-state index in [1.165, 1.54) is 6.20 Å². The monoisotopic (exact) mass is 347 g/mol. The maximum atomic E-state index is 14.7. The highest BCUT2D eigenvalue weighted by Gasteiger charge is 2.29. The number of ether oxygens (including phenoxy) is 1. The highest BCUT2D eigenvalue weighted by atomic mass is 19.1. The third-order valence-corrected chi connectivity index (χ3v) is 4.81. The van der Waals surface area contributed by atoms with Crippen molar-refractivity contribution in [2.75, 3.05) is 25.0 Å². The molecule has 0 amide bonds. The minimum atomic E-state index is -1.32. The van der Waals surface area contributed by atoms with Gasteiger partial charge in [0.1, 0.15) is 17.9 Å². The van der Waals surface area contributed by atoms with Gasteiger partial charge in [-0.25, -0.2) is 9.18 Å². The maximum absolute atomic E-state index is 14.7. The number of pyridine rings is 1. The van der Waals surface area contributed by atoms with E-state index in [-0.39, 0.29) is 41.1 Å².